The van der Waals surface area contributed by atoms with Crippen molar-refractivity contribution in [2.24, 2.45) is 5.16 Å². The highest BCUT2D eigenvalue weighted by Crippen LogP contribution is 2.37. The lowest BCUT2D eigenvalue weighted by Crippen LogP contribution is -2.28. The van der Waals surface area contributed by atoms with Crippen LogP contribution in [0.1, 0.15) is 17.5 Å². The van der Waals surface area contributed by atoms with Crippen LogP contribution in [0.15, 0.2) is 53.7 Å². The van der Waals surface area contributed by atoms with Gasteiger partial charge in [-0.1, -0.05) is 36.4 Å². The molecule has 3 rings (SSSR count). The summed E-state index contributed by atoms with van der Waals surface area (Å²) in [7, 11) is 1.62. The lowest BCUT2D eigenvalue weighted by atomic mass is 9.81. The number of methoxy groups -OCH3 is 1. The fourth-order valence-electron chi connectivity index (χ4n) is 2.93. The number of hydrogen-bond acceptors (Lipinski definition) is 5. The molecule has 1 unspecified atom stereocenters. The van der Waals surface area contributed by atoms with E-state index >= 15 is 0 Å². The van der Waals surface area contributed by atoms with E-state index in [1.54, 1.807) is 13.3 Å². The fraction of sp³-hybridized carbons (Fsp3) is 0.316. The lowest BCUT2D eigenvalue weighted by Gasteiger charge is -2.23. The highest BCUT2D eigenvalue weighted by molar-refractivity contribution is 5.74. The van der Waals surface area contributed by atoms with Crippen LogP contribution in [0, 0.1) is 0 Å². The summed E-state index contributed by atoms with van der Waals surface area (Å²) < 4.78 is 16.9. The van der Waals surface area contributed by atoms with Crippen LogP contribution in [-0.2, 0) is 16.8 Å². The van der Waals surface area contributed by atoms with Gasteiger partial charge in [0.15, 0.2) is 11.5 Å². The Balaban J connectivity index is 1.82. The van der Waals surface area contributed by atoms with Crippen LogP contribution >= 0.6 is 0 Å². The Hall–Kier alpha value is -2.53. The first-order valence-corrected chi connectivity index (χ1v) is 7.89. The van der Waals surface area contributed by atoms with Gasteiger partial charge in [-0.25, -0.2) is 0 Å². The van der Waals surface area contributed by atoms with Crippen molar-refractivity contribution in [3.8, 4) is 11.5 Å². The SMILES string of the molecule is COc1cc(C2(C=NO)CCOC2)ccc1OCc1ccccc1. The number of nitrogens with zero attached hydrogens (tertiary/aromatic N) is 1. The number of ether oxygens (including phenoxy) is 3. The summed E-state index contributed by atoms with van der Waals surface area (Å²) in [5, 5.41) is 12.2. The van der Waals surface area contributed by atoms with Crippen LogP contribution in [0.2, 0.25) is 0 Å². The number of hydrogen-bond donors (Lipinski definition) is 1. The Bertz CT molecular complexity index is 694. The van der Waals surface area contributed by atoms with Gasteiger partial charge in [-0.05, 0) is 29.7 Å². The molecule has 24 heavy (non-hydrogen) atoms. The van der Waals surface area contributed by atoms with Crippen molar-refractivity contribution >= 4 is 6.21 Å². The zero-order valence-electron chi connectivity index (χ0n) is 13.6. The molecule has 0 aromatic heterocycles. The summed E-state index contributed by atoms with van der Waals surface area (Å²) in [5.74, 6) is 1.33. The fourth-order valence-corrected chi connectivity index (χ4v) is 2.93. The minimum absolute atomic E-state index is 0.417. The molecule has 1 aliphatic rings. The zero-order chi connectivity index (χ0) is 16.8. The minimum Gasteiger partial charge on any atom is -0.493 e. The third-order valence-electron chi connectivity index (χ3n) is 4.33. The van der Waals surface area contributed by atoms with Gasteiger partial charge < -0.3 is 19.4 Å². The molecule has 1 N–H and O–H groups in total. The van der Waals surface area contributed by atoms with Gasteiger partial charge in [0.2, 0.25) is 0 Å². The van der Waals surface area contributed by atoms with Crippen molar-refractivity contribution in [2.45, 2.75) is 18.4 Å². The summed E-state index contributed by atoms with van der Waals surface area (Å²) in [6.45, 7) is 1.61. The van der Waals surface area contributed by atoms with E-state index in [9.17, 15) is 0 Å². The van der Waals surface area contributed by atoms with Crippen LogP contribution in [-0.4, -0.2) is 31.7 Å². The maximum Gasteiger partial charge on any atom is 0.161 e. The molecule has 1 atom stereocenters. The first kappa shape index (κ1) is 16.3. The Kier molecular flexibility index (Phi) is 5.01. The van der Waals surface area contributed by atoms with Gasteiger partial charge >= 0.3 is 0 Å². The molecular formula is C19H21NO4. The van der Waals surface area contributed by atoms with Gasteiger partial charge in [0, 0.05) is 6.61 Å². The molecule has 0 bridgehead atoms. The molecule has 1 heterocycles. The molecule has 0 saturated carbocycles. The van der Waals surface area contributed by atoms with Crippen LogP contribution in [0.3, 0.4) is 0 Å². The quantitative estimate of drug-likeness (QED) is 0.502. The summed E-state index contributed by atoms with van der Waals surface area (Å²) >= 11 is 0. The molecule has 0 amide bonds. The van der Waals surface area contributed by atoms with E-state index in [-0.39, 0.29) is 0 Å². The summed E-state index contributed by atoms with van der Waals surface area (Å²) in [5.41, 5.74) is 1.67. The summed E-state index contributed by atoms with van der Waals surface area (Å²) in [6, 6.07) is 15.8. The molecule has 1 saturated heterocycles. The van der Waals surface area contributed by atoms with Gasteiger partial charge in [-0.2, -0.15) is 0 Å². The van der Waals surface area contributed by atoms with E-state index in [1.165, 1.54) is 0 Å². The first-order chi connectivity index (χ1) is 11.8. The van der Waals surface area contributed by atoms with E-state index in [0.29, 0.717) is 31.3 Å². The second kappa shape index (κ2) is 7.36. The summed E-state index contributed by atoms with van der Waals surface area (Å²) in [6.07, 6.45) is 2.31. The molecule has 5 heteroatoms. The van der Waals surface area contributed by atoms with Crippen LogP contribution in [0.25, 0.3) is 0 Å². The molecule has 2 aromatic rings. The number of oxime groups is 1. The van der Waals surface area contributed by atoms with Gasteiger partial charge in [0.25, 0.3) is 0 Å². The van der Waals surface area contributed by atoms with Gasteiger partial charge in [0.05, 0.1) is 25.3 Å². The third-order valence-corrected chi connectivity index (χ3v) is 4.33. The van der Waals surface area contributed by atoms with Crippen molar-refractivity contribution in [3.05, 3.63) is 59.7 Å². The van der Waals surface area contributed by atoms with E-state index in [1.807, 2.05) is 48.5 Å². The molecule has 2 aromatic carbocycles. The maximum atomic E-state index is 9.00. The lowest BCUT2D eigenvalue weighted by molar-refractivity contribution is 0.187. The van der Waals surface area contributed by atoms with Crippen molar-refractivity contribution in [2.75, 3.05) is 20.3 Å². The second-order valence-electron chi connectivity index (χ2n) is 5.84. The highest BCUT2D eigenvalue weighted by atomic mass is 16.5. The average molecular weight is 327 g/mol. The largest absolute Gasteiger partial charge is 0.493 e. The molecule has 1 aliphatic heterocycles. The molecule has 126 valence electrons. The standard InChI is InChI=1S/C19H21NO4/c1-22-18-11-16(19(13-20-21)9-10-23-14-19)7-8-17(18)24-12-15-5-3-2-4-6-15/h2-8,11,13,21H,9-10,12,14H2,1H3. The van der Waals surface area contributed by atoms with E-state index < -0.39 is 5.41 Å². The van der Waals surface area contributed by atoms with E-state index in [2.05, 4.69) is 5.16 Å². The summed E-state index contributed by atoms with van der Waals surface area (Å²) in [4.78, 5) is 0. The van der Waals surface area contributed by atoms with Crippen molar-refractivity contribution in [1.29, 1.82) is 0 Å². The minimum atomic E-state index is -0.417. The number of benzene rings is 2. The highest BCUT2D eigenvalue weighted by Gasteiger charge is 2.36. The Morgan fingerprint density at radius 3 is 2.71 bits per heavy atom. The monoisotopic (exact) mass is 327 g/mol. The van der Waals surface area contributed by atoms with Gasteiger partial charge in [0.1, 0.15) is 6.61 Å². The predicted octanol–water partition coefficient (Wildman–Crippen LogP) is 3.39. The maximum absolute atomic E-state index is 9.00. The smallest absolute Gasteiger partial charge is 0.161 e. The normalized spacial score (nSPS) is 20.4. The molecule has 0 spiro atoms. The molecule has 5 nitrogen and oxygen atoms in total. The predicted molar refractivity (Wildman–Crippen MR) is 91.2 cm³/mol. The molecule has 1 fully saturated rings. The van der Waals surface area contributed by atoms with Gasteiger partial charge in [-0.15, -0.1) is 5.16 Å². The van der Waals surface area contributed by atoms with Crippen LogP contribution in [0.4, 0.5) is 0 Å². The zero-order valence-corrected chi connectivity index (χ0v) is 13.6. The topological polar surface area (TPSA) is 60.3 Å². The second-order valence-corrected chi connectivity index (χ2v) is 5.84. The first-order valence-electron chi connectivity index (χ1n) is 7.89. The van der Waals surface area contributed by atoms with Crippen molar-refractivity contribution in [1.82, 2.24) is 0 Å². The third kappa shape index (κ3) is 3.36. The van der Waals surface area contributed by atoms with E-state index in [4.69, 9.17) is 19.4 Å². The van der Waals surface area contributed by atoms with Crippen LogP contribution < -0.4 is 9.47 Å². The Morgan fingerprint density at radius 2 is 2.04 bits per heavy atom. The van der Waals surface area contributed by atoms with Crippen LogP contribution in [0.5, 0.6) is 11.5 Å². The number of rotatable bonds is 6. The van der Waals surface area contributed by atoms with E-state index in [0.717, 1.165) is 17.5 Å². The Morgan fingerprint density at radius 1 is 1.21 bits per heavy atom. The average Bonchev–Trinajstić information content (AvgIpc) is 3.11. The molecule has 0 radical (unpaired) electrons. The molecular weight excluding hydrogens is 306 g/mol. The van der Waals surface area contributed by atoms with Gasteiger partial charge in [-0.3, -0.25) is 0 Å². The Labute approximate surface area is 141 Å². The molecule has 0 aliphatic carbocycles. The van der Waals surface area contributed by atoms with Crippen molar-refractivity contribution in [3.63, 3.8) is 0 Å². The van der Waals surface area contributed by atoms with Crippen molar-refractivity contribution < 1.29 is 19.4 Å².